The fraction of sp³-hybridized carbons (Fsp3) is 0.929. The van der Waals surface area contributed by atoms with Gasteiger partial charge in [0.25, 0.3) is 0 Å². The lowest BCUT2D eigenvalue weighted by Gasteiger charge is -2.31. The molecule has 1 saturated carbocycles. The van der Waals surface area contributed by atoms with Crippen molar-refractivity contribution in [3.8, 4) is 0 Å². The van der Waals surface area contributed by atoms with E-state index in [2.05, 4.69) is 12.2 Å². The van der Waals surface area contributed by atoms with E-state index >= 15 is 0 Å². The number of sulfone groups is 1. The second kappa shape index (κ2) is 7.98. The molecular weight excluding hydrogens is 276 g/mol. The van der Waals surface area contributed by atoms with Crippen LogP contribution in [0.2, 0.25) is 0 Å². The van der Waals surface area contributed by atoms with Gasteiger partial charge in [0.15, 0.2) is 0 Å². The van der Waals surface area contributed by atoms with E-state index < -0.39 is 15.9 Å². The fourth-order valence-electron chi connectivity index (χ4n) is 2.85. The Kier molecular flexibility index (Phi) is 6.95. The summed E-state index contributed by atoms with van der Waals surface area (Å²) in [6.45, 7) is 2.07. The van der Waals surface area contributed by atoms with Crippen molar-refractivity contribution in [2.24, 2.45) is 11.7 Å². The maximum absolute atomic E-state index is 12.0. The molecule has 1 fully saturated rings. The van der Waals surface area contributed by atoms with Gasteiger partial charge < -0.3 is 11.1 Å². The number of hydrogen-bond donors (Lipinski definition) is 2. The standard InChI is InChI=1S/C14H28N2O3S/c1-3-13(11-7-5-4-6-8-11)16-14(17)12(15)9-10-20(2,18)19/h11-13H,3-10,15H2,1-2H3,(H,16,17). The Balaban J connectivity index is 2.45. The molecule has 0 radical (unpaired) electrons. The molecule has 1 rings (SSSR count). The topological polar surface area (TPSA) is 89.3 Å². The number of hydrogen-bond acceptors (Lipinski definition) is 4. The summed E-state index contributed by atoms with van der Waals surface area (Å²) in [7, 11) is -3.07. The van der Waals surface area contributed by atoms with E-state index in [0.29, 0.717) is 5.92 Å². The summed E-state index contributed by atoms with van der Waals surface area (Å²) in [5.41, 5.74) is 5.78. The van der Waals surface area contributed by atoms with Gasteiger partial charge in [0.2, 0.25) is 5.91 Å². The zero-order chi connectivity index (χ0) is 15.2. The van der Waals surface area contributed by atoms with Crippen LogP contribution in [0.4, 0.5) is 0 Å². The smallest absolute Gasteiger partial charge is 0.237 e. The first kappa shape index (κ1) is 17.4. The number of carbonyl (C=O) groups excluding carboxylic acids is 1. The van der Waals surface area contributed by atoms with Crippen LogP contribution in [0.1, 0.15) is 51.9 Å². The molecule has 0 aromatic carbocycles. The highest BCUT2D eigenvalue weighted by atomic mass is 32.2. The molecule has 20 heavy (non-hydrogen) atoms. The number of rotatable bonds is 7. The summed E-state index contributed by atoms with van der Waals surface area (Å²) in [6, 6.07) is -0.561. The molecule has 0 aromatic heterocycles. The third kappa shape index (κ3) is 6.22. The highest BCUT2D eigenvalue weighted by molar-refractivity contribution is 7.90. The molecule has 6 heteroatoms. The Morgan fingerprint density at radius 3 is 2.40 bits per heavy atom. The average molecular weight is 304 g/mol. The summed E-state index contributed by atoms with van der Waals surface area (Å²) >= 11 is 0. The molecule has 2 atom stereocenters. The number of amides is 1. The summed E-state index contributed by atoms with van der Waals surface area (Å²) < 4.78 is 22.2. The van der Waals surface area contributed by atoms with Gasteiger partial charge in [-0.15, -0.1) is 0 Å². The Hall–Kier alpha value is -0.620. The van der Waals surface area contributed by atoms with Crippen LogP contribution in [0, 0.1) is 5.92 Å². The lowest BCUT2D eigenvalue weighted by Crippen LogP contribution is -2.48. The molecule has 2 unspecified atom stereocenters. The predicted molar refractivity (Wildman–Crippen MR) is 81.1 cm³/mol. The van der Waals surface area contributed by atoms with Gasteiger partial charge in [0.05, 0.1) is 11.8 Å². The molecule has 0 saturated heterocycles. The normalized spacial score (nSPS) is 20.4. The first-order valence-corrected chi connectivity index (χ1v) is 9.63. The van der Waals surface area contributed by atoms with E-state index in [0.717, 1.165) is 25.5 Å². The van der Waals surface area contributed by atoms with Crippen molar-refractivity contribution in [1.82, 2.24) is 5.32 Å². The van der Waals surface area contributed by atoms with Gasteiger partial charge in [0.1, 0.15) is 9.84 Å². The highest BCUT2D eigenvalue weighted by Gasteiger charge is 2.25. The minimum atomic E-state index is -3.07. The monoisotopic (exact) mass is 304 g/mol. The van der Waals surface area contributed by atoms with Gasteiger partial charge in [-0.25, -0.2) is 8.42 Å². The van der Waals surface area contributed by atoms with E-state index in [-0.39, 0.29) is 24.1 Å². The molecule has 1 aliphatic rings. The van der Waals surface area contributed by atoms with Crippen molar-refractivity contribution in [3.05, 3.63) is 0 Å². The Bertz CT molecular complexity index is 403. The lowest BCUT2D eigenvalue weighted by molar-refractivity contribution is -0.123. The maximum atomic E-state index is 12.0. The van der Waals surface area contributed by atoms with Crippen molar-refractivity contribution in [3.63, 3.8) is 0 Å². The summed E-state index contributed by atoms with van der Waals surface area (Å²) in [5.74, 6) is 0.285. The van der Waals surface area contributed by atoms with Crippen molar-refractivity contribution in [2.75, 3.05) is 12.0 Å². The van der Waals surface area contributed by atoms with Gasteiger partial charge in [-0.3, -0.25) is 4.79 Å². The zero-order valence-corrected chi connectivity index (χ0v) is 13.4. The molecule has 1 amide bonds. The van der Waals surface area contributed by atoms with Crippen LogP contribution in [-0.4, -0.2) is 38.4 Å². The number of nitrogens with one attached hydrogen (secondary N) is 1. The first-order valence-electron chi connectivity index (χ1n) is 7.57. The lowest BCUT2D eigenvalue weighted by atomic mass is 9.83. The van der Waals surface area contributed by atoms with Gasteiger partial charge in [-0.2, -0.15) is 0 Å². The molecule has 118 valence electrons. The van der Waals surface area contributed by atoms with Crippen LogP contribution in [-0.2, 0) is 14.6 Å². The molecular formula is C14H28N2O3S. The van der Waals surface area contributed by atoms with Crippen LogP contribution in [0.15, 0.2) is 0 Å². The molecule has 0 heterocycles. The molecule has 0 spiro atoms. The summed E-state index contributed by atoms with van der Waals surface area (Å²) in [5, 5.41) is 3.01. The minimum absolute atomic E-state index is 0.0399. The van der Waals surface area contributed by atoms with E-state index in [4.69, 9.17) is 5.73 Å². The van der Waals surface area contributed by atoms with Gasteiger partial charge in [0, 0.05) is 12.3 Å². The maximum Gasteiger partial charge on any atom is 0.237 e. The fourth-order valence-corrected chi connectivity index (χ4v) is 3.53. The molecule has 0 aromatic rings. The number of nitrogens with two attached hydrogens (primary N) is 1. The second-order valence-electron chi connectivity index (χ2n) is 5.95. The van der Waals surface area contributed by atoms with Crippen molar-refractivity contribution in [1.29, 1.82) is 0 Å². The van der Waals surface area contributed by atoms with Crippen LogP contribution in [0.3, 0.4) is 0 Å². The SMILES string of the molecule is CCC(NC(=O)C(N)CCS(C)(=O)=O)C1CCCCC1. The largest absolute Gasteiger partial charge is 0.352 e. The Morgan fingerprint density at radius 1 is 1.30 bits per heavy atom. The highest BCUT2D eigenvalue weighted by Crippen LogP contribution is 2.27. The van der Waals surface area contributed by atoms with E-state index in [1.165, 1.54) is 19.3 Å². The van der Waals surface area contributed by atoms with Gasteiger partial charge >= 0.3 is 0 Å². The summed E-state index contributed by atoms with van der Waals surface area (Å²) in [4.78, 5) is 12.0. The van der Waals surface area contributed by atoms with Crippen LogP contribution < -0.4 is 11.1 Å². The van der Waals surface area contributed by atoms with Gasteiger partial charge in [-0.05, 0) is 31.6 Å². The molecule has 0 aliphatic heterocycles. The van der Waals surface area contributed by atoms with Crippen LogP contribution >= 0.6 is 0 Å². The third-order valence-electron chi connectivity index (χ3n) is 4.12. The van der Waals surface area contributed by atoms with Crippen molar-refractivity contribution < 1.29 is 13.2 Å². The summed E-state index contributed by atoms with van der Waals surface area (Å²) in [6.07, 6.45) is 8.33. The zero-order valence-electron chi connectivity index (χ0n) is 12.6. The molecule has 5 nitrogen and oxygen atoms in total. The van der Waals surface area contributed by atoms with Crippen LogP contribution in [0.25, 0.3) is 0 Å². The van der Waals surface area contributed by atoms with Crippen LogP contribution in [0.5, 0.6) is 0 Å². The van der Waals surface area contributed by atoms with E-state index in [1.54, 1.807) is 0 Å². The molecule has 0 bridgehead atoms. The molecule has 1 aliphatic carbocycles. The number of carbonyl (C=O) groups is 1. The average Bonchev–Trinajstić information content (AvgIpc) is 2.42. The minimum Gasteiger partial charge on any atom is -0.352 e. The Labute approximate surface area is 122 Å². The first-order chi connectivity index (χ1) is 9.33. The molecule has 3 N–H and O–H groups in total. The van der Waals surface area contributed by atoms with Crippen molar-refractivity contribution >= 4 is 15.7 Å². The second-order valence-corrected chi connectivity index (χ2v) is 8.21. The van der Waals surface area contributed by atoms with E-state index in [9.17, 15) is 13.2 Å². The predicted octanol–water partition coefficient (Wildman–Crippen LogP) is 1.22. The van der Waals surface area contributed by atoms with Gasteiger partial charge in [-0.1, -0.05) is 26.2 Å². The Morgan fingerprint density at radius 2 is 1.90 bits per heavy atom. The van der Waals surface area contributed by atoms with E-state index in [1.807, 2.05) is 0 Å². The van der Waals surface area contributed by atoms with Crippen molar-refractivity contribution in [2.45, 2.75) is 64.0 Å². The third-order valence-corrected chi connectivity index (χ3v) is 5.10. The quantitative estimate of drug-likeness (QED) is 0.740.